The molecule has 1 atom stereocenters. The predicted octanol–water partition coefficient (Wildman–Crippen LogP) is 2.81. The van der Waals surface area contributed by atoms with E-state index in [9.17, 15) is 0 Å². The van der Waals surface area contributed by atoms with Crippen LogP contribution in [0.5, 0.6) is 0 Å². The van der Waals surface area contributed by atoms with E-state index < -0.39 is 0 Å². The molecule has 0 aromatic rings. The summed E-state index contributed by atoms with van der Waals surface area (Å²) in [5, 5.41) is 3.48. The highest BCUT2D eigenvalue weighted by atomic mass is 14.9. The Balaban J connectivity index is 2.32. The van der Waals surface area contributed by atoms with Crippen LogP contribution in [0.3, 0.4) is 0 Å². The van der Waals surface area contributed by atoms with Gasteiger partial charge in [0.15, 0.2) is 0 Å². The zero-order chi connectivity index (χ0) is 8.97. The van der Waals surface area contributed by atoms with E-state index in [0.717, 1.165) is 17.9 Å². The van der Waals surface area contributed by atoms with Crippen molar-refractivity contribution in [1.82, 2.24) is 5.32 Å². The van der Waals surface area contributed by atoms with Crippen LogP contribution >= 0.6 is 0 Å². The maximum absolute atomic E-state index is 3.48. The summed E-state index contributed by atoms with van der Waals surface area (Å²) in [7, 11) is 2.12. The van der Waals surface area contributed by atoms with E-state index >= 15 is 0 Å². The average Bonchev–Trinajstić information content (AvgIpc) is 2.51. The molecule has 1 heteroatoms. The van der Waals surface area contributed by atoms with Gasteiger partial charge in [0.25, 0.3) is 0 Å². The molecule has 1 nitrogen and oxygen atoms in total. The molecule has 0 saturated heterocycles. The number of hydrogen-bond acceptors (Lipinski definition) is 1. The van der Waals surface area contributed by atoms with Crippen molar-refractivity contribution in [3.63, 3.8) is 0 Å². The molecule has 0 aromatic carbocycles. The molecular weight excluding hydrogens is 146 g/mol. The van der Waals surface area contributed by atoms with Crippen molar-refractivity contribution in [2.75, 3.05) is 7.05 Å². The molecule has 1 unspecified atom stereocenters. The normalized spacial score (nSPS) is 22.0. The summed E-state index contributed by atoms with van der Waals surface area (Å²) in [4.78, 5) is 0. The van der Waals surface area contributed by atoms with Gasteiger partial charge in [-0.2, -0.15) is 0 Å². The first-order valence-electron chi connectivity index (χ1n) is 5.41. The van der Waals surface area contributed by atoms with Crippen molar-refractivity contribution in [2.45, 2.75) is 52.0 Å². The first kappa shape index (κ1) is 10.0. The lowest BCUT2D eigenvalue weighted by molar-refractivity contribution is 0.325. The second kappa shape index (κ2) is 4.86. The lowest BCUT2D eigenvalue weighted by Crippen LogP contribution is -2.33. The predicted molar refractivity (Wildman–Crippen MR) is 54.3 cm³/mol. The fourth-order valence-electron chi connectivity index (χ4n) is 2.41. The fraction of sp³-hybridized carbons (Fsp3) is 1.00. The highest BCUT2D eigenvalue weighted by Crippen LogP contribution is 2.29. The Hall–Kier alpha value is -0.0400. The highest BCUT2D eigenvalue weighted by Gasteiger charge is 2.23. The van der Waals surface area contributed by atoms with E-state index in [0.29, 0.717) is 0 Å². The molecule has 0 aliphatic heterocycles. The molecule has 0 aromatic heterocycles. The van der Waals surface area contributed by atoms with Gasteiger partial charge < -0.3 is 5.32 Å². The lowest BCUT2D eigenvalue weighted by Gasteiger charge is -2.24. The second-order valence-electron chi connectivity index (χ2n) is 4.57. The Labute approximate surface area is 76.9 Å². The molecule has 0 amide bonds. The zero-order valence-electron chi connectivity index (χ0n) is 8.77. The Morgan fingerprint density at radius 2 is 1.83 bits per heavy atom. The first-order valence-corrected chi connectivity index (χ1v) is 5.41. The summed E-state index contributed by atoms with van der Waals surface area (Å²) >= 11 is 0. The van der Waals surface area contributed by atoms with E-state index in [2.05, 4.69) is 26.2 Å². The first-order chi connectivity index (χ1) is 5.74. The Morgan fingerprint density at radius 3 is 2.25 bits per heavy atom. The monoisotopic (exact) mass is 169 g/mol. The van der Waals surface area contributed by atoms with Crippen LogP contribution in [0.25, 0.3) is 0 Å². The molecule has 1 aliphatic rings. The van der Waals surface area contributed by atoms with Crippen molar-refractivity contribution in [1.29, 1.82) is 0 Å². The van der Waals surface area contributed by atoms with E-state index in [1.54, 1.807) is 0 Å². The average molecular weight is 169 g/mol. The van der Waals surface area contributed by atoms with Gasteiger partial charge in [-0.15, -0.1) is 0 Å². The lowest BCUT2D eigenvalue weighted by atomic mass is 9.91. The third-order valence-corrected chi connectivity index (χ3v) is 3.06. The smallest absolute Gasteiger partial charge is 0.00947 e. The second-order valence-corrected chi connectivity index (χ2v) is 4.57. The van der Waals surface area contributed by atoms with Gasteiger partial charge in [0.2, 0.25) is 0 Å². The minimum Gasteiger partial charge on any atom is -0.317 e. The summed E-state index contributed by atoms with van der Waals surface area (Å²) in [6.07, 6.45) is 7.18. The van der Waals surface area contributed by atoms with Gasteiger partial charge in [-0.1, -0.05) is 26.7 Å². The standard InChI is InChI=1S/C11H23N/c1-9(2)8-11(12-3)10-6-4-5-7-10/h9-12H,4-8H2,1-3H3. The third kappa shape index (κ3) is 2.78. The number of rotatable bonds is 4. The highest BCUT2D eigenvalue weighted by molar-refractivity contribution is 4.80. The molecule has 0 spiro atoms. The number of hydrogen-bond donors (Lipinski definition) is 1. The van der Waals surface area contributed by atoms with Gasteiger partial charge in [0.1, 0.15) is 0 Å². The largest absolute Gasteiger partial charge is 0.317 e. The molecule has 0 heterocycles. The van der Waals surface area contributed by atoms with Crippen LogP contribution in [0, 0.1) is 11.8 Å². The topological polar surface area (TPSA) is 12.0 Å². The van der Waals surface area contributed by atoms with Crippen molar-refractivity contribution in [3.05, 3.63) is 0 Å². The van der Waals surface area contributed by atoms with Crippen molar-refractivity contribution in [2.24, 2.45) is 11.8 Å². The Bertz CT molecular complexity index is 114. The van der Waals surface area contributed by atoms with Crippen molar-refractivity contribution in [3.8, 4) is 0 Å². The summed E-state index contributed by atoms with van der Waals surface area (Å²) in [6.45, 7) is 4.64. The van der Waals surface area contributed by atoms with E-state index in [1.165, 1.54) is 32.1 Å². The molecule has 1 rings (SSSR count). The summed E-state index contributed by atoms with van der Waals surface area (Å²) < 4.78 is 0. The van der Waals surface area contributed by atoms with E-state index in [-0.39, 0.29) is 0 Å². The van der Waals surface area contributed by atoms with Gasteiger partial charge >= 0.3 is 0 Å². The molecule has 1 N–H and O–H groups in total. The van der Waals surface area contributed by atoms with Crippen LogP contribution in [0.1, 0.15) is 46.0 Å². The zero-order valence-corrected chi connectivity index (χ0v) is 8.77. The van der Waals surface area contributed by atoms with Gasteiger partial charge in [-0.3, -0.25) is 0 Å². The summed E-state index contributed by atoms with van der Waals surface area (Å²) in [6, 6.07) is 0.785. The maximum atomic E-state index is 3.48. The van der Waals surface area contributed by atoms with E-state index in [4.69, 9.17) is 0 Å². The minimum atomic E-state index is 0.785. The Kier molecular flexibility index (Phi) is 4.07. The maximum Gasteiger partial charge on any atom is 0.00947 e. The van der Waals surface area contributed by atoms with Crippen LogP contribution in [-0.2, 0) is 0 Å². The van der Waals surface area contributed by atoms with Crippen LogP contribution in [0.4, 0.5) is 0 Å². The number of nitrogens with one attached hydrogen (secondary N) is 1. The van der Waals surface area contributed by atoms with Crippen molar-refractivity contribution < 1.29 is 0 Å². The van der Waals surface area contributed by atoms with Gasteiger partial charge in [-0.05, 0) is 38.1 Å². The van der Waals surface area contributed by atoms with Crippen molar-refractivity contribution >= 4 is 0 Å². The van der Waals surface area contributed by atoms with Gasteiger partial charge in [0.05, 0.1) is 0 Å². The minimum absolute atomic E-state index is 0.785. The third-order valence-electron chi connectivity index (χ3n) is 3.06. The summed E-state index contributed by atoms with van der Waals surface area (Å²) in [5.74, 6) is 1.81. The van der Waals surface area contributed by atoms with Crippen LogP contribution in [0.2, 0.25) is 0 Å². The van der Waals surface area contributed by atoms with Gasteiger partial charge in [-0.25, -0.2) is 0 Å². The van der Waals surface area contributed by atoms with Gasteiger partial charge in [0, 0.05) is 6.04 Å². The molecule has 12 heavy (non-hydrogen) atoms. The summed E-state index contributed by atoms with van der Waals surface area (Å²) in [5.41, 5.74) is 0. The quantitative estimate of drug-likeness (QED) is 0.682. The molecule has 1 aliphatic carbocycles. The Morgan fingerprint density at radius 1 is 1.25 bits per heavy atom. The van der Waals surface area contributed by atoms with Crippen LogP contribution in [0.15, 0.2) is 0 Å². The SMILES string of the molecule is CNC(CC(C)C)C1CCCC1. The molecule has 0 radical (unpaired) electrons. The molecule has 1 saturated carbocycles. The molecule has 0 bridgehead atoms. The van der Waals surface area contributed by atoms with Crippen LogP contribution < -0.4 is 5.32 Å². The molecular formula is C11H23N. The van der Waals surface area contributed by atoms with E-state index in [1.807, 2.05) is 0 Å². The molecule has 1 fully saturated rings. The van der Waals surface area contributed by atoms with Crippen LogP contribution in [-0.4, -0.2) is 13.1 Å². The molecule has 72 valence electrons. The fourth-order valence-corrected chi connectivity index (χ4v) is 2.41.